The molecule has 0 bridgehead atoms. The number of hydrogen-bond acceptors (Lipinski definition) is 4. The van der Waals surface area contributed by atoms with E-state index in [9.17, 15) is 4.79 Å². The molecule has 0 aliphatic carbocycles. The molecular formula is C30H34FN3O3. The minimum atomic E-state index is -0.314. The number of nitrogens with one attached hydrogen (secondary N) is 1. The van der Waals surface area contributed by atoms with Crippen LogP contribution in [0.5, 0.6) is 11.5 Å². The number of anilines is 1. The lowest BCUT2D eigenvalue weighted by Gasteiger charge is -2.36. The average molecular weight is 504 g/mol. The Balaban J connectivity index is 0.00000336. The molecule has 2 heterocycles. The summed E-state index contributed by atoms with van der Waals surface area (Å²) in [6.45, 7) is 6.49. The Bertz CT molecular complexity index is 1440. The highest BCUT2D eigenvalue weighted by Gasteiger charge is 2.26. The predicted octanol–water partition coefficient (Wildman–Crippen LogP) is 6.32. The van der Waals surface area contributed by atoms with Crippen molar-refractivity contribution in [3.05, 3.63) is 77.7 Å². The Hall–Kier alpha value is -4.00. The molecule has 0 unspecified atom stereocenters. The fourth-order valence-electron chi connectivity index (χ4n) is 5.05. The summed E-state index contributed by atoms with van der Waals surface area (Å²) in [5.41, 5.74) is 4.12. The van der Waals surface area contributed by atoms with Crippen molar-refractivity contribution in [3.8, 4) is 22.6 Å². The van der Waals surface area contributed by atoms with Crippen LogP contribution in [-0.2, 0) is 0 Å². The molecule has 0 spiro atoms. The molecule has 37 heavy (non-hydrogen) atoms. The number of piperazine rings is 1. The predicted molar refractivity (Wildman–Crippen MR) is 148 cm³/mol. The zero-order valence-corrected chi connectivity index (χ0v) is 21.7. The number of amides is 1. The zero-order chi connectivity index (χ0) is 26.1. The van der Waals surface area contributed by atoms with Gasteiger partial charge in [0.15, 0.2) is 5.82 Å². The van der Waals surface area contributed by atoms with E-state index in [1.54, 1.807) is 20.3 Å². The van der Waals surface area contributed by atoms with Gasteiger partial charge in [0, 0.05) is 50.3 Å². The molecule has 1 amide bonds. The van der Waals surface area contributed by atoms with Crippen LogP contribution in [0, 0.1) is 5.82 Å². The molecular weight excluding hydrogens is 469 g/mol. The number of nitrogens with zero attached hydrogens (tertiary/aromatic N) is 2. The largest absolute Gasteiger partial charge is 0.497 e. The Morgan fingerprint density at radius 2 is 1.70 bits per heavy atom. The number of aromatic amines is 1. The van der Waals surface area contributed by atoms with Gasteiger partial charge >= 0.3 is 0 Å². The maximum Gasteiger partial charge on any atom is 0.270 e. The minimum absolute atomic E-state index is 0. The topological polar surface area (TPSA) is 57.8 Å². The fraction of sp³-hybridized carbons (Fsp3) is 0.300. The molecule has 1 saturated heterocycles. The van der Waals surface area contributed by atoms with Gasteiger partial charge in [0.2, 0.25) is 0 Å². The SMILES string of the molecule is COc1cccc(N2CCN(C(=O)c3cc4c(-c5ccccc5OC)cc(C(C)C)c(F)c4[nH]3)CC2)c1.[HH]. The second kappa shape index (κ2) is 10.2. The number of hydrogen-bond donors (Lipinski definition) is 1. The van der Waals surface area contributed by atoms with Crippen molar-refractivity contribution in [3.63, 3.8) is 0 Å². The monoisotopic (exact) mass is 503 g/mol. The summed E-state index contributed by atoms with van der Waals surface area (Å²) in [5.74, 6) is 1.05. The van der Waals surface area contributed by atoms with Gasteiger partial charge in [-0.2, -0.15) is 0 Å². The Kier molecular flexibility index (Phi) is 6.78. The van der Waals surface area contributed by atoms with E-state index in [-0.39, 0.29) is 19.1 Å². The van der Waals surface area contributed by atoms with E-state index in [0.29, 0.717) is 54.1 Å². The molecule has 0 atom stereocenters. The highest BCUT2D eigenvalue weighted by molar-refractivity contribution is 6.04. The standard InChI is InChI=1S/C30H32FN3O3.H2/c1-19(2)23-17-24(22-10-5-6-11-27(22)37-4)25-18-26(32-29(25)28(23)31)30(35)34-14-12-33(13-15-34)20-8-7-9-21(16-20)36-3;/h5-11,16-19,32H,12-15H2,1-4H3;1H. The van der Waals surface area contributed by atoms with E-state index >= 15 is 4.39 Å². The smallest absolute Gasteiger partial charge is 0.270 e. The van der Waals surface area contributed by atoms with Gasteiger partial charge in [-0.15, -0.1) is 0 Å². The van der Waals surface area contributed by atoms with Crippen LogP contribution in [0.2, 0.25) is 0 Å². The number of benzene rings is 3. The molecule has 0 saturated carbocycles. The third kappa shape index (κ3) is 4.61. The lowest BCUT2D eigenvalue weighted by atomic mass is 9.93. The van der Waals surface area contributed by atoms with Gasteiger partial charge in [-0.25, -0.2) is 4.39 Å². The number of ether oxygens (including phenoxy) is 2. The van der Waals surface area contributed by atoms with Crippen LogP contribution >= 0.6 is 0 Å². The number of fused-ring (bicyclic) bond motifs is 1. The molecule has 1 N–H and O–H groups in total. The van der Waals surface area contributed by atoms with Crippen LogP contribution in [-0.4, -0.2) is 56.2 Å². The van der Waals surface area contributed by atoms with Gasteiger partial charge in [-0.1, -0.05) is 38.1 Å². The molecule has 4 aromatic rings. The number of H-pyrrole nitrogens is 1. The minimum Gasteiger partial charge on any atom is -0.497 e. The quantitative estimate of drug-likeness (QED) is 0.334. The first-order valence-corrected chi connectivity index (χ1v) is 12.6. The third-order valence-corrected chi connectivity index (χ3v) is 7.12. The van der Waals surface area contributed by atoms with E-state index < -0.39 is 0 Å². The second-order valence-corrected chi connectivity index (χ2v) is 9.63. The molecule has 7 heteroatoms. The number of aromatic nitrogens is 1. The van der Waals surface area contributed by atoms with Crippen LogP contribution in [0.25, 0.3) is 22.0 Å². The lowest BCUT2D eigenvalue weighted by molar-refractivity contribution is 0.0742. The van der Waals surface area contributed by atoms with E-state index in [4.69, 9.17) is 9.47 Å². The third-order valence-electron chi connectivity index (χ3n) is 7.12. The Labute approximate surface area is 218 Å². The highest BCUT2D eigenvalue weighted by atomic mass is 19.1. The zero-order valence-electron chi connectivity index (χ0n) is 21.7. The summed E-state index contributed by atoms with van der Waals surface area (Å²) < 4.78 is 26.6. The summed E-state index contributed by atoms with van der Waals surface area (Å²) in [5, 5.41) is 0.671. The van der Waals surface area contributed by atoms with Gasteiger partial charge in [-0.05, 0) is 47.4 Å². The van der Waals surface area contributed by atoms with Crippen LogP contribution in [0.15, 0.2) is 60.7 Å². The summed E-state index contributed by atoms with van der Waals surface area (Å²) in [7, 11) is 3.28. The molecule has 6 nitrogen and oxygen atoms in total. The summed E-state index contributed by atoms with van der Waals surface area (Å²) >= 11 is 0. The second-order valence-electron chi connectivity index (χ2n) is 9.63. The number of methoxy groups -OCH3 is 2. The Morgan fingerprint density at radius 3 is 2.41 bits per heavy atom. The van der Waals surface area contributed by atoms with Gasteiger partial charge in [0.1, 0.15) is 17.2 Å². The maximum atomic E-state index is 15.6. The van der Waals surface area contributed by atoms with Crippen molar-refractivity contribution in [1.82, 2.24) is 9.88 Å². The molecule has 1 aliphatic rings. The van der Waals surface area contributed by atoms with Crippen molar-refractivity contribution < 1.29 is 20.1 Å². The van der Waals surface area contributed by atoms with Crippen LogP contribution in [0.1, 0.15) is 37.2 Å². The number of carbonyl (C=O) groups is 1. The van der Waals surface area contributed by atoms with Crippen molar-refractivity contribution >= 4 is 22.5 Å². The van der Waals surface area contributed by atoms with E-state index in [0.717, 1.165) is 22.6 Å². The van der Waals surface area contributed by atoms with Crippen molar-refractivity contribution in [1.29, 1.82) is 0 Å². The van der Waals surface area contributed by atoms with Crippen LogP contribution in [0.4, 0.5) is 10.1 Å². The fourth-order valence-corrected chi connectivity index (χ4v) is 5.05. The molecule has 1 aliphatic heterocycles. The normalized spacial score (nSPS) is 13.9. The van der Waals surface area contributed by atoms with Gasteiger partial charge in [-0.3, -0.25) is 4.79 Å². The first-order chi connectivity index (χ1) is 17.9. The molecule has 3 aromatic carbocycles. The summed E-state index contributed by atoms with van der Waals surface area (Å²) in [4.78, 5) is 20.7. The maximum absolute atomic E-state index is 15.6. The van der Waals surface area contributed by atoms with E-state index in [1.165, 1.54) is 0 Å². The average Bonchev–Trinajstić information content (AvgIpc) is 3.39. The number of rotatable bonds is 6. The van der Waals surface area contributed by atoms with Gasteiger partial charge in [0.05, 0.1) is 19.7 Å². The van der Waals surface area contributed by atoms with Gasteiger partial charge in [0.25, 0.3) is 5.91 Å². The molecule has 1 fully saturated rings. The van der Waals surface area contributed by atoms with Crippen LogP contribution in [0.3, 0.4) is 0 Å². The van der Waals surface area contributed by atoms with Crippen molar-refractivity contribution in [2.24, 2.45) is 0 Å². The van der Waals surface area contributed by atoms with E-state index in [2.05, 4.69) is 9.88 Å². The van der Waals surface area contributed by atoms with Crippen molar-refractivity contribution in [2.75, 3.05) is 45.3 Å². The first-order valence-electron chi connectivity index (χ1n) is 12.6. The molecule has 0 radical (unpaired) electrons. The van der Waals surface area contributed by atoms with Crippen molar-refractivity contribution in [2.45, 2.75) is 19.8 Å². The highest BCUT2D eigenvalue weighted by Crippen LogP contribution is 2.39. The molecule has 5 rings (SSSR count). The molecule has 1 aromatic heterocycles. The van der Waals surface area contributed by atoms with Gasteiger partial charge < -0.3 is 24.3 Å². The summed E-state index contributed by atoms with van der Waals surface area (Å²) in [6.07, 6.45) is 0. The number of halogens is 1. The number of para-hydroxylation sites is 1. The lowest BCUT2D eigenvalue weighted by Crippen LogP contribution is -2.48. The molecule has 194 valence electrons. The van der Waals surface area contributed by atoms with E-state index in [1.807, 2.05) is 73.3 Å². The first kappa shape index (κ1) is 24.7. The summed E-state index contributed by atoms with van der Waals surface area (Å²) in [6, 6.07) is 19.3. The van der Waals surface area contributed by atoms with Crippen LogP contribution < -0.4 is 14.4 Å². The number of carbonyl (C=O) groups excluding carboxylic acids is 1. The Morgan fingerprint density at radius 1 is 0.946 bits per heavy atom.